The lowest BCUT2D eigenvalue weighted by Crippen LogP contribution is -2.33. The summed E-state index contributed by atoms with van der Waals surface area (Å²) in [6.07, 6.45) is 7.87. The molecule has 0 aliphatic carbocycles. The number of nitrogens with two attached hydrogens (primary N) is 1. The van der Waals surface area contributed by atoms with Crippen molar-refractivity contribution >= 4 is 0 Å². The number of likely N-dealkylation sites (tertiary alicyclic amines) is 1. The SMILES string of the molecule is CC1CCCN(CC(N)c2cnn(C)c2)CC1. The van der Waals surface area contributed by atoms with Crippen LogP contribution >= 0.6 is 0 Å². The average molecular weight is 236 g/mol. The van der Waals surface area contributed by atoms with Gasteiger partial charge in [-0.05, 0) is 38.3 Å². The second-order valence-corrected chi connectivity index (χ2v) is 5.39. The number of aryl methyl sites for hydroxylation is 1. The van der Waals surface area contributed by atoms with E-state index in [0.29, 0.717) is 0 Å². The third-order valence-electron chi connectivity index (χ3n) is 3.72. The lowest BCUT2D eigenvalue weighted by molar-refractivity contribution is 0.265. The fourth-order valence-electron chi connectivity index (χ4n) is 2.52. The van der Waals surface area contributed by atoms with Gasteiger partial charge in [-0.2, -0.15) is 5.10 Å². The fraction of sp³-hybridized carbons (Fsp3) is 0.769. The van der Waals surface area contributed by atoms with Gasteiger partial charge in [0.15, 0.2) is 0 Å². The van der Waals surface area contributed by atoms with E-state index >= 15 is 0 Å². The van der Waals surface area contributed by atoms with E-state index in [1.54, 1.807) is 0 Å². The lowest BCUT2D eigenvalue weighted by atomic mass is 10.0. The molecule has 4 nitrogen and oxygen atoms in total. The maximum absolute atomic E-state index is 6.23. The maximum Gasteiger partial charge on any atom is 0.0537 e. The minimum absolute atomic E-state index is 0.0945. The minimum atomic E-state index is 0.0945. The smallest absolute Gasteiger partial charge is 0.0537 e. The van der Waals surface area contributed by atoms with Gasteiger partial charge in [-0.1, -0.05) is 6.92 Å². The number of hydrogen-bond donors (Lipinski definition) is 1. The first-order valence-electron chi connectivity index (χ1n) is 6.61. The van der Waals surface area contributed by atoms with Crippen LogP contribution in [0, 0.1) is 5.92 Å². The van der Waals surface area contributed by atoms with E-state index in [1.807, 2.05) is 24.1 Å². The van der Waals surface area contributed by atoms with Crippen LogP contribution in [-0.2, 0) is 7.05 Å². The normalized spacial score (nSPS) is 24.5. The zero-order valence-corrected chi connectivity index (χ0v) is 11.0. The minimum Gasteiger partial charge on any atom is -0.323 e. The third kappa shape index (κ3) is 3.54. The van der Waals surface area contributed by atoms with Crippen molar-refractivity contribution in [3.05, 3.63) is 18.0 Å². The first kappa shape index (κ1) is 12.6. The second-order valence-electron chi connectivity index (χ2n) is 5.39. The van der Waals surface area contributed by atoms with Gasteiger partial charge in [0.2, 0.25) is 0 Å². The van der Waals surface area contributed by atoms with E-state index in [4.69, 9.17) is 5.73 Å². The van der Waals surface area contributed by atoms with Crippen LogP contribution in [0.2, 0.25) is 0 Å². The molecular weight excluding hydrogens is 212 g/mol. The van der Waals surface area contributed by atoms with Gasteiger partial charge in [-0.15, -0.1) is 0 Å². The Kier molecular flexibility index (Phi) is 4.18. The van der Waals surface area contributed by atoms with Crippen LogP contribution in [-0.4, -0.2) is 34.3 Å². The summed E-state index contributed by atoms with van der Waals surface area (Å²) < 4.78 is 1.82. The summed E-state index contributed by atoms with van der Waals surface area (Å²) in [6.45, 7) is 5.69. The molecule has 0 radical (unpaired) electrons. The fourth-order valence-corrected chi connectivity index (χ4v) is 2.52. The molecule has 17 heavy (non-hydrogen) atoms. The van der Waals surface area contributed by atoms with Gasteiger partial charge < -0.3 is 10.6 Å². The standard InChI is InChI=1S/C13H24N4/c1-11-4-3-6-17(7-5-11)10-13(14)12-8-15-16(2)9-12/h8-9,11,13H,3-7,10,14H2,1-2H3. The molecule has 1 aliphatic heterocycles. The molecule has 2 N–H and O–H groups in total. The van der Waals surface area contributed by atoms with E-state index < -0.39 is 0 Å². The van der Waals surface area contributed by atoms with Crippen molar-refractivity contribution in [2.75, 3.05) is 19.6 Å². The van der Waals surface area contributed by atoms with Crippen LogP contribution in [0.3, 0.4) is 0 Å². The van der Waals surface area contributed by atoms with Gasteiger partial charge in [-0.25, -0.2) is 0 Å². The monoisotopic (exact) mass is 236 g/mol. The van der Waals surface area contributed by atoms with Gasteiger partial charge in [-0.3, -0.25) is 4.68 Å². The molecule has 0 aromatic carbocycles. The summed E-state index contributed by atoms with van der Waals surface area (Å²) in [7, 11) is 1.93. The summed E-state index contributed by atoms with van der Waals surface area (Å²) >= 11 is 0. The van der Waals surface area contributed by atoms with E-state index in [2.05, 4.69) is 16.9 Å². The second kappa shape index (κ2) is 5.65. The van der Waals surface area contributed by atoms with Crippen molar-refractivity contribution in [2.45, 2.75) is 32.2 Å². The maximum atomic E-state index is 6.23. The zero-order chi connectivity index (χ0) is 12.3. The van der Waals surface area contributed by atoms with Crippen LogP contribution in [0.15, 0.2) is 12.4 Å². The van der Waals surface area contributed by atoms with Crippen LogP contribution in [0.4, 0.5) is 0 Å². The molecule has 0 saturated carbocycles. The Balaban J connectivity index is 1.87. The summed E-state index contributed by atoms with van der Waals surface area (Å²) in [5.41, 5.74) is 7.37. The molecule has 0 bridgehead atoms. The summed E-state index contributed by atoms with van der Waals surface area (Å²) in [6, 6.07) is 0.0945. The van der Waals surface area contributed by atoms with Gasteiger partial charge in [0.25, 0.3) is 0 Å². The molecule has 0 amide bonds. The lowest BCUT2D eigenvalue weighted by Gasteiger charge is -2.23. The first-order valence-corrected chi connectivity index (χ1v) is 6.61. The molecule has 2 heterocycles. The van der Waals surface area contributed by atoms with E-state index in [9.17, 15) is 0 Å². The van der Waals surface area contributed by atoms with E-state index in [1.165, 1.54) is 32.4 Å². The molecule has 4 heteroatoms. The largest absolute Gasteiger partial charge is 0.323 e. The predicted octanol–water partition coefficient (Wildman–Crippen LogP) is 1.54. The van der Waals surface area contributed by atoms with Crippen LogP contribution in [0.5, 0.6) is 0 Å². The number of nitrogens with zero attached hydrogens (tertiary/aromatic N) is 3. The first-order chi connectivity index (χ1) is 8.15. The number of aromatic nitrogens is 2. The van der Waals surface area contributed by atoms with Crippen LogP contribution < -0.4 is 5.73 Å². The zero-order valence-electron chi connectivity index (χ0n) is 11.0. The molecule has 0 spiro atoms. The molecule has 1 fully saturated rings. The van der Waals surface area contributed by atoms with E-state index in [0.717, 1.165) is 18.0 Å². The summed E-state index contributed by atoms with van der Waals surface area (Å²) in [4.78, 5) is 2.50. The Hall–Kier alpha value is -0.870. The van der Waals surface area contributed by atoms with Gasteiger partial charge >= 0.3 is 0 Å². The quantitative estimate of drug-likeness (QED) is 0.866. The van der Waals surface area contributed by atoms with Crippen molar-refractivity contribution < 1.29 is 0 Å². The molecule has 2 atom stereocenters. The Morgan fingerprint density at radius 1 is 1.47 bits per heavy atom. The molecule has 1 aromatic rings. The van der Waals surface area contributed by atoms with Crippen LogP contribution in [0.25, 0.3) is 0 Å². The van der Waals surface area contributed by atoms with Crippen molar-refractivity contribution in [3.8, 4) is 0 Å². The van der Waals surface area contributed by atoms with Gasteiger partial charge in [0.05, 0.1) is 6.20 Å². The molecule has 1 aromatic heterocycles. The molecule has 1 saturated heterocycles. The van der Waals surface area contributed by atoms with Gasteiger partial charge in [0.1, 0.15) is 0 Å². The topological polar surface area (TPSA) is 47.1 Å². The third-order valence-corrected chi connectivity index (χ3v) is 3.72. The van der Waals surface area contributed by atoms with Crippen molar-refractivity contribution in [3.63, 3.8) is 0 Å². The van der Waals surface area contributed by atoms with Crippen molar-refractivity contribution in [1.82, 2.24) is 14.7 Å². The average Bonchev–Trinajstić information content (AvgIpc) is 2.62. The highest BCUT2D eigenvalue weighted by molar-refractivity contribution is 5.09. The summed E-state index contributed by atoms with van der Waals surface area (Å²) in [5, 5.41) is 4.18. The molecule has 1 aliphatic rings. The Bertz CT molecular complexity index is 347. The van der Waals surface area contributed by atoms with Crippen molar-refractivity contribution in [1.29, 1.82) is 0 Å². The number of rotatable bonds is 3. The van der Waals surface area contributed by atoms with E-state index in [-0.39, 0.29) is 6.04 Å². The number of hydrogen-bond acceptors (Lipinski definition) is 3. The molecule has 2 unspecified atom stereocenters. The Labute approximate surface area is 104 Å². The highest BCUT2D eigenvalue weighted by Gasteiger charge is 2.17. The predicted molar refractivity (Wildman–Crippen MR) is 69.6 cm³/mol. The Morgan fingerprint density at radius 3 is 3.00 bits per heavy atom. The molecular formula is C13H24N4. The highest BCUT2D eigenvalue weighted by Crippen LogP contribution is 2.18. The Morgan fingerprint density at radius 2 is 2.29 bits per heavy atom. The summed E-state index contributed by atoms with van der Waals surface area (Å²) in [5.74, 6) is 0.870. The molecule has 2 rings (SSSR count). The highest BCUT2D eigenvalue weighted by atomic mass is 15.2. The molecule has 96 valence electrons. The van der Waals surface area contributed by atoms with Gasteiger partial charge in [0, 0.05) is 31.4 Å². The van der Waals surface area contributed by atoms with Crippen LogP contribution in [0.1, 0.15) is 37.8 Å². The van der Waals surface area contributed by atoms with Crippen molar-refractivity contribution in [2.24, 2.45) is 18.7 Å².